The number of nitrogens with zero attached hydrogens (tertiary/aromatic N) is 3. The van der Waals surface area contributed by atoms with E-state index >= 15 is 0 Å². The topological polar surface area (TPSA) is 111 Å². The third-order valence-electron chi connectivity index (χ3n) is 8.80. The molecule has 1 N–H and O–H groups in total. The molecule has 2 aromatic heterocycles. The van der Waals surface area contributed by atoms with Gasteiger partial charge in [0, 0.05) is 29.1 Å². The molecule has 2 aromatic carbocycles. The van der Waals surface area contributed by atoms with Crippen molar-refractivity contribution in [1.29, 1.82) is 0 Å². The Kier molecular flexibility index (Phi) is 5.95. The monoisotopic (exact) mass is 569 g/mol. The van der Waals surface area contributed by atoms with Crippen molar-refractivity contribution in [2.24, 2.45) is 0 Å². The molecule has 9 nitrogen and oxygen atoms in total. The number of hydrogen-bond donors (Lipinski definition) is 1. The molecule has 2 atom stereocenters. The number of likely N-dealkylation sites (tertiary alicyclic amines) is 1. The Balaban J connectivity index is 1.36. The lowest BCUT2D eigenvalue weighted by molar-refractivity contribution is -0.172. The summed E-state index contributed by atoms with van der Waals surface area (Å²) in [5.74, 6) is -1.22. The molecule has 7 rings (SSSR count). The van der Waals surface area contributed by atoms with Gasteiger partial charge in [-0.15, -0.1) is 0 Å². The second kappa shape index (κ2) is 9.49. The van der Waals surface area contributed by atoms with E-state index in [0.29, 0.717) is 40.8 Å². The van der Waals surface area contributed by atoms with E-state index in [-0.39, 0.29) is 48.9 Å². The van der Waals surface area contributed by atoms with Crippen LogP contribution in [0.4, 0.5) is 9.18 Å². The summed E-state index contributed by atoms with van der Waals surface area (Å²) in [7, 11) is 0. The number of amides is 1. The standard InChI is InChI=1S/C32H28FN3O6/c1-3-32(40)22-12-26-28-20(14-36(26)29(37)21(22)16-41-30(32)38)27(19-11-17(2)23(33)13-24(19)34-28)25-9-10-35(25)31(39)42-15-18-7-5-4-6-8-18/h4-8,11-13,25,40H,3,9-10,14-16H2,1-2H3/t25-,32+/m1/s1. The van der Waals surface area contributed by atoms with Gasteiger partial charge < -0.3 is 24.0 Å². The van der Waals surface area contributed by atoms with Gasteiger partial charge in [0.1, 0.15) is 19.0 Å². The minimum Gasteiger partial charge on any atom is -0.458 e. The highest BCUT2D eigenvalue weighted by Gasteiger charge is 2.46. The lowest BCUT2D eigenvalue weighted by atomic mass is 9.85. The Hall–Kier alpha value is -4.57. The van der Waals surface area contributed by atoms with E-state index in [4.69, 9.17) is 14.5 Å². The first-order chi connectivity index (χ1) is 20.2. The van der Waals surface area contributed by atoms with Crippen LogP contribution in [0.3, 0.4) is 0 Å². The van der Waals surface area contributed by atoms with E-state index in [1.54, 1.807) is 35.4 Å². The summed E-state index contributed by atoms with van der Waals surface area (Å²) in [5.41, 5.74) is 2.21. The number of esters is 1. The van der Waals surface area contributed by atoms with Crippen molar-refractivity contribution in [3.63, 3.8) is 0 Å². The number of carbonyl (C=O) groups is 2. The normalized spacial score (nSPS) is 20.4. The molecule has 0 spiro atoms. The fourth-order valence-corrected chi connectivity index (χ4v) is 6.33. The zero-order chi connectivity index (χ0) is 29.3. The van der Waals surface area contributed by atoms with Gasteiger partial charge in [0.2, 0.25) is 0 Å². The highest BCUT2D eigenvalue weighted by molar-refractivity contribution is 5.90. The van der Waals surface area contributed by atoms with Gasteiger partial charge in [-0.1, -0.05) is 37.3 Å². The van der Waals surface area contributed by atoms with Gasteiger partial charge in [-0.05, 0) is 48.6 Å². The molecular weight excluding hydrogens is 541 g/mol. The van der Waals surface area contributed by atoms with Crippen molar-refractivity contribution >= 4 is 23.0 Å². The number of ether oxygens (including phenoxy) is 2. The maximum Gasteiger partial charge on any atom is 0.410 e. The van der Waals surface area contributed by atoms with Crippen molar-refractivity contribution in [3.05, 3.63) is 98.1 Å². The van der Waals surface area contributed by atoms with Crippen LogP contribution in [0.1, 0.15) is 59.2 Å². The molecule has 0 aliphatic carbocycles. The number of fused-ring (bicyclic) bond motifs is 5. The maximum atomic E-state index is 14.8. The molecule has 42 heavy (non-hydrogen) atoms. The molecule has 0 bridgehead atoms. The van der Waals surface area contributed by atoms with Crippen LogP contribution in [0.25, 0.3) is 22.3 Å². The summed E-state index contributed by atoms with van der Waals surface area (Å²) >= 11 is 0. The minimum atomic E-state index is -1.96. The number of carbonyl (C=O) groups excluding carboxylic acids is 2. The number of hydrogen-bond acceptors (Lipinski definition) is 7. The summed E-state index contributed by atoms with van der Waals surface area (Å²) in [5, 5.41) is 11.9. The van der Waals surface area contributed by atoms with Crippen LogP contribution >= 0.6 is 0 Å². The van der Waals surface area contributed by atoms with Crippen LogP contribution in [-0.2, 0) is 39.6 Å². The van der Waals surface area contributed by atoms with Gasteiger partial charge in [0.15, 0.2) is 5.60 Å². The maximum absolute atomic E-state index is 14.8. The van der Waals surface area contributed by atoms with Crippen molar-refractivity contribution in [1.82, 2.24) is 14.5 Å². The van der Waals surface area contributed by atoms with Crippen LogP contribution in [-0.4, -0.2) is 38.2 Å². The zero-order valence-corrected chi connectivity index (χ0v) is 23.1. The number of benzene rings is 2. The van der Waals surface area contributed by atoms with E-state index in [0.717, 1.165) is 16.7 Å². The van der Waals surface area contributed by atoms with E-state index in [9.17, 15) is 23.9 Å². The number of aliphatic hydroxyl groups is 1. The largest absolute Gasteiger partial charge is 0.458 e. The number of aromatic nitrogens is 2. The molecule has 4 aromatic rings. The van der Waals surface area contributed by atoms with Gasteiger partial charge in [-0.2, -0.15) is 0 Å². The first kappa shape index (κ1) is 26.3. The van der Waals surface area contributed by atoms with Crippen LogP contribution in [0, 0.1) is 12.7 Å². The van der Waals surface area contributed by atoms with Gasteiger partial charge in [-0.25, -0.2) is 19.0 Å². The van der Waals surface area contributed by atoms with Gasteiger partial charge >= 0.3 is 12.1 Å². The Morgan fingerprint density at radius 2 is 1.98 bits per heavy atom. The molecule has 1 amide bonds. The highest BCUT2D eigenvalue weighted by Crippen LogP contribution is 2.46. The Morgan fingerprint density at radius 3 is 2.69 bits per heavy atom. The molecule has 3 aliphatic rings. The van der Waals surface area contributed by atoms with E-state index < -0.39 is 23.5 Å². The highest BCUT2D eigenvalue weighted by atomic mass is 19.1. The average molecular weight is 570 g/mol. The quantitative estimate of drug-likeness (QED) is 0.315. The molecule has 10 heteroatoms. The second-order valence-corrected chi connectivity index (χ2v) is 11.1. The van der Waals surface area contributed by atoms with E-state index in [1.807, 2.05) is 30.3 Å². The fourth-order valence-electron chi connectivity index (χ4n) is 6.33. The van der Waals surface area contributed by atoms with Gasteiger partial charge in [0.25, 0.3) is 5.56 Å². The van der Waals surface area contributed by atoms with Crippen LogP contribution < -0.4 is 5.56 Å². The fraction of sp³-hybridized carbons (Fsp3) is 0.312. The summed E-state index contributed by atoms with van der Waals surface area (Å²) in [4.78, 5) is 46.0. The Bertz CT molecular complexity index is 1870. The third kappa shape index (κ3) is 3.78. The predicted octanol–water partition coefficient (Wildman–Crippen LogP) is 4.61. The van der Waals surface area contributed by atoms with E-state index in [2.05, 4.69) is 0 Å². The zero-order valence-electron chi connectivity index (χ0n) is 23.1. The predicted molar refractivity (Wildman–Crippen MR) is 150 cm³/mol. The molecule has 0 radical (unpaired) electrons. The Labute approximate surface area is 240 Å². The number of cyclic esters (lactones) is 1. The summed E-state index contributed by atoms with van der Waals surface area (Å²) in [6.45, 7) is 3.88. The van der Waals surface area contributed by atoms with Gasteiger partial charge in [0.05, 0.1) is 35.1 Å². The van der Waals surface area contributed by atoms with E-state index in [1.165, 1.54) is 6.07 Å². The molecule has 3 aliphatic heterocycles. The SMILES string of the molecule is CC[C@@]1(O)C(=O)OCc2c1cc1n(c2=O)Cc2c-1nc1cc(F)c(C)cc1c2[C@H]1CCN1C(=O)OCc1ccccc1. The van der Waals surface area contributed by atoms with Crippen molar-refractivity contribution < 1.29 is 28.6 Å². The summed E-state index contributed by atoms with van der Waals surface area (Å²) in [6.07, 6.45) is 0.221. The second-order valence-electron chi connectivity index (χ2n) is 11.1. The first-order valence-electron chi connectivity index (χ1n) is 14.0. The molecule has 1 saturated heterocycles. The number of halogens is 1. The molecule has 214 valence electrons. The third-order valence-corrected chi connectivity index (χ3v) is 8.80. The lowest BCUT2D eigenvalue weighted by Gasteiger charge is -2.41. The molecular formula is C32H28FN3O6. The lowest BCUT2D eigenvalue weighted by Crippen LogP contribution is -2.45. The smallest absolute Gasteiger partial charge is 0.410 e. The molecule has 1 fully saturated rings. The number of pyridine rings is 2. The van der Waals surface area contributed by atoms with Gasteiger partial charge in [-0.3, -0.25) is 4.79 Å². The summed E-state index contributed by atoms with van der Waals surface area (Å²) < 4.78 is 27.2. The number of aryl methyl sites for hydroxylation is 1. The molecule has 0 saturated carbocycles. The average Bonchev–Trinajstić information content (AvgIpc) is 3.33. The molecule has 5 heterocycles. The summed E-state index contributed by atoms with van der Waals surface area (Å²) in [6, 6.07) is 13.8. The van der Waals surface area contributed by atoms with Crippen molar-refractivity contribution in [2.75, 3.05) is 6.54 Å². The van der Waals surface area contributed by atoms with Crippen LogP contribution in [0.5, 0.6) is 0 Å². The van der Waals surface area contributed by atoms with Crippen molar-refractivity contribution in [3.8, 4) is 11.4 Å². The Morgan fingerprint density at radius 1 is 1.19 bits per heavy atom. The number of rotatable bonds is 4. The van der Waals surface area contributed by atoms with Crippen LogP contribution in [0.2, 0.25) is 0 Å². The van der Waals surface area contributed by atoms with Crippen LogP contribution in [0.15, 0.2) is 53.3 Å². The first-order valence-corrected chi connectivity index (χ1v) is 14.0. The minimum absolute atomic E-state index is 0.0254. The van der Waals surface area contributed by atoms with Crippen molar-refractivity contribution in [2.45, 2.75) is 58.1 Å². The molecule has 0 unspecified atom stereocenters.